The summed E-state index contributed by atoms with van der Waals surface area (Å²) in [5.74, 6) is 2.33. The SMILES string of the molecule is C#CCN(CC(=O)NC1CCCc2ccccc2N1C(=O)c1ccccc1)c1ccccc1. The molecule has 1 unspecified atom stereocenters. The van der Waals surface area contributed by atoms with Crippen molar-refractivity contribution in [3.8, 4) is 12.3 Å². The van der Waals surface area contributed by atoms with E-state index < -0.39 is 6.17 Å². The molecule has 1 aliphatic heterocycles. The standard InChI is InChI=1S/C28H27N3O2/c1-2-20-30(24-16-7-4-8-17-24)21-27(32)29-26-19-11-15-22-12-9-10-18-25(22)31(26)28(33)23-13-5-3-6-14-23/h1,3-10,12-14,16-18,26H,11,15,19-21H2,(H,29,32). The number of amides is 2. The van der Waals surface area contributed by atoms with Crippen LogP contribution >= 0.6 is 0 Å². The van der Waals surface area contributed by atoms with Crippen molar-refractivity contribution in [2.75, 3.05) is 22.9 Å². The summed E-state index contributed by atoms with van der Waals surface area (Å²) in [7, 11) is 0. The number of hydrogen-bond donors (Lipinski definition) is 1. The van der Waals surface area contributed by atoms with Crippen LogP contribution in [0, 0.1) is 12.3 Å². The fourth-order valence-electron chi connectivity index (χ4n) is 4.24. The first kappa shape index (κ1) is 22.2. The molecule has 1 N–H and O–H groups in total. The first-order valence-corrected chi connectivity index (χ1v) is 11.2. The molecule has 1 aliphatic rings. The number of nitrogens with one attached hydrogen (secondary N) is 1. The topological polar surface area (TPSA) is 52.7 Å². The Labute approximate surface area is 195 Å². The Balaban J connectivity index is 1.60. The van der Waals surface area contributed by atoms with Gasteiger partial charge in [0.25, 0.3) is 5.91 Å². The van der Waals surface area contributed by atoms with E-state index in [-0.39, 0.29) is 18.4 Å². The van der Waals surface area contributed by atoms with E-state index in [9.17, 15) is 9.59 Å². The lowest BCUT2D eigenvalue weighted by atomic mass is 10.1. The minimum absolute atomic E-state index is 0.111. The van der Waals surface area contributed by atoms with Gasteiger partial charge < -0.3 is 10.2 Å². The summed E-state index contributed by atoms with van der Waals surface area (Å²) in [6.45, 7) is 0.428. The Morgan fingerprint density at radius 2 is 1.64 bits per heavy atom. The van der Waals surface area contributed by atoms with Crippen LogP contribution in [-0.4, -0.2) is 31.1 Å². The summed E-state index contributed by atoms with van der Waals surface area (Å²) in [5, 5.41) is 3.12. The Morgan fingerprint density at radius 1 is 0.970 bits per heavy atom. The summed E-state index contributed by atoms with van der Waals surface area (Å²) >= 11 is 0. The van der Waals surface area contributed by atoms with Gasteiger partial charge in [-0.2, -0.15) is 0 Å². The molecule has 5 heteroatoms. The second-order valence-corrected chi connectivity index (χ2v) is 8.04. The molecule has 3 aromatic rings. The van der Waals surface area contributed by atoms with Gasteiger partial charge in [-0.25, -0.2) is 0 Å². The van der Waals surface area contributed by atoms with E-state index in [4.69, 9.17) is 6.42 Å². The lowest BCUT2D eigenvalue weighted by Gasteiger charge is -2.33. The molecule has 4 rings (SSSR count). The van der Waals surface area contributed by atoms with Gasteiger partial charge in [0.15, 0.2) is 0 Å². The number of terminal acetylenes is 1. The fourth-order valence-corrected chi connectivity index (χ4v) is 4.24. The number of nitrogens with zero attached hydrogens (tertiary/aromatic N) is 2. The monoisotopic (exact) mass is 437 g/mol. The first-order chi connectivity index (χ1) is 16.2. The molecule has 33 heavy (non-hydrogen) atoms. The average molecular weight is 438 g/mol. The van der Waals surface area contributed by atoms with Gasteiger partial charge in [0.05, 0.1) is 13.1 Å². The fraction of sp³-hybridized carbons (Fsp3) is 0.214. The Kier molecular flexibility index (Phi) is 7.06. The van der Waals surface area contributed by atoms with E-state index in [1.54, 1.807) is 17.0 Å². The van der Waals surface area contributed by atoms with Crippen LogP contribution in [0.5, 0.6) is 0 Å². The lowest BCUT2D eigenvalue weighted by Crippen LogP contribution is -2.53. The molecule has 1 heterocycles. The van der Waals surface area contributed by atoms with Crippen LogP contribution in [0.25, 0.3) is 0 Å². The van der Waals surface area contributed by atoms with Gasteiger partial charge in [-0.15, -0.1) is 6.42 Å². The first-order valence-electron chi connectivity index (χ1n) is 11.2. The van der Waals surface area contributed by atoms with Crippen LogP contribution in [-0.2, 0) is 11.2 Å². The minimum Gasteiger partial charge on any atom is -0.351 e. The molecule has 0 spiro atoms. The van der Waals surface area contributed by atoms with Gasteiger partial charge in [0.1, 0.15) is 6.17 Å². The highest BCUT2D eigenvalue weighted by Crippen LogP contribution is 2.30. The third-order valence-corrected chi connectivity index (χ3v) is 5.79. The average Bonchev–Trinajstić information content (AvgIpc) is 3.03. The normalized spacial score (nSPS) is 15.0. The molecule has 0 fully saturated rings. The number of carbonyl (C=O) groups excluding carboxylic acids is 2. The van der Waals surface area contributed by atoms with Gasteiger partial charge in [-0.3, -0.25) is 14.5 Å². The molecule has 5 nitrogen and oxygen atoms in total. The van der Waals surface area contributed by atoms with Crippen molar-refractivity contribution >= 4 is 23.2 Å². The molecular weight excluding hydrogens is 410 g/mol. The summed E-state index contributed by atoms with van der Waals surface area (Å²) < 4.78 is 0. The van der Waals surface area contributed by atoms with E-state index >= 15 is 0 Å². The van der Waals surface area contributed by atoms with Gasteiger partial charge in [-0.05, 0) is 55.2 Å². The summed E-state index contributed by atoms with van der Waals surface area (Å²) in [6, 6.07) is 26.7. The van der Waals surface area contributed by atoms with Crippen molar-refractivity contribution < 1.29 is 9.59 Å². The molecule has 2 amide bonds. The van der Waals surface area contributed by atoms with Gasteiger partial charge >= 0.3 is 0 Å². The van der Waals surface area contributed by atoms with Crippen LogP contribution in [0.4, 0.5) is 11.4 Å². The molecule has 0 saturated heterocycles. The Hall–Kier alpha value is -4.04. The molecule has 0 radical (unpaired) electrons. The van der Waals surface area contributed by atoms with E-state index in [2.05, 4.69) is 17.3 Å². The smallest absolute Gasteiger partial charge is 0.259 e. The predicted molar refractivity (Wildman–Crippen MR) is 132 cm³/mol. The summed E-state index contributed by atoms with van der Waals surface area (Å²) in [5.41, 5.74) is 3.43. The molecule has 0 bridgehead atoms. The number of hydrogen-bond acceptors (Lipinski definition) is 3. The highest BCUT2D eigenvalue weighted by molar-refractivity contribution is 6.07. The number of carbonyl (C=O) groups is 2. The zero-order valence-corrected chi connectivity index (χ0v) is 18.5. The van der Waals surface area contributed by atoms with E-state index in [1.807, 2.05) is 71.6 Å². The van der Waals surface area contributed by atoms with Crippen LogP contribution in [0.3, 0.4) is 0 Å². The van der Waals surface area contributed by atoms with Crippen molar-refractivity contribution in [1.82, 2.24) is 5.32 Å². The van der Waals surface area contributed by atoms with E-state index in [1.165, 1.54) is 0 Å². The number of para-hydroxylation sites is 2. The quantitative estimate of drug-likeness (QED) is 0.587. The van der Waals surface area contributed by atoms with Crippen molar-refractivity contribution in [3.63, 3.8) is 0 Å². The van der Waals surface area contributed by atoms with Crippen molar-refractivity contribution in [2.45, 2.75) is 25.4 Å². The lowest BCUT2D eigenvalue weighted by molar-refractivity contribution is -0.120. The number of benzene rings is 3. The maximum Gasteiger partial charge on any atom is 0.259 e. The number of fused-ring (bicyclic) bond motifs is 1. The maximum atomic E-state index is 13.6. The molecule has 1 atom stereocenters. The Bertz CT molecular complexity index is 1140. The summed E-state index contributed by atoms with van der Waals surface area (Å²) in [6.07, 6.45) is 7.49. The Morgan fingerprint density at radius 3 is 2.36 bits per heavy atom. The van der Waals surface area contributed by atoms with Gasteiger partial charge in [0.2, 0.25) is 5.91 Å². The largest absolute Gasteiger partial charge is 0.351 e. The predicted octanol–water partition coefficient (Wildman–Crippen LogP) is 4.25. The van der Waals surface area contributed by atoms with Crippen molar-refractivity contribution in [1.29, 1.82) is 0 Å². The maximum absolute atomic E-state index is 13.6. The highest BCUT2D eigenvalue weighted by Gasteiger charge is 2.31. The van der Waals surface area contributed by atoms with Gasteiger partial charge in [-0.1, -0.05) is 60.5 Å². The minimum atomic E-state index is -0.447. The van der Waals surface area contributed by atoms with Gasteiger partial charge in [0, 0.05) is 16.9 Å². The highest BCUT2D eigenvalue weighted by atomic mass is 16.2. The zero-order chi connectivity index (χ0) is 23.0. The number of rotatable bonds is 6. The molecular formula is C28H27N3O2. The molecule has 0 saturated carbocycles. The van der Waals surface area contributed by atoms with Crippen molar-refractivity contribution in [3.05, 3.63) is 96.1 Å². The number of anilines is 2. The second kappa shape index (κ2) is 10.5. The molecule has 3 aromatic carbocycles. The molecule has 0 aliphatic carbocycles. The van der Waals surface area contributed by atoms with Crippen LogP contribution in [0.1, 0.15) is 28.8 Å². The third-order valence-electron chi connectivity index (χ3n) is 5.79. The van der Waals surface area contributed by atoms with Crippen LogP contribution < -0.4 is 15.1 Å². The van der Waals surface area contributed by atoms with E-state index in [0.717, 1.165) is 29.8 Å². The third kappa shape index (κ3) is 5.24. The number of aryl methyl sites for hydroxylation is 1. The van der Waals surface area contributed by atoms with Crippen LogP contribution in [0.2, 0.25) is 0 Å². The van der Waals surface area contributed by atoms with Crippen molar-refractivity contribution in [2.24, 2.45) is 0 Å². The summed E-state index contributed by atoms with van der Waals surface area (Å²) in [4.78, 5) is 30.3. The zero-order valence-electron chi connectivity index (χ0n) is 18.5. The second-order valence-electron chi connectivity index (χ2n) is 8.04. The van der Waals surface area contributed by atoms with Crippen LogP contribution in [0.15, 0.2) is 84.9 Å². The van der Waals surface area contributed by atoms with E-state index in [0.29, 0.717) is 18.5 Å². The molecule has 166 valence electrons. The molecule has 0 aromatic heterocycles.